The second kappa shape index (κ2) is 8.84. The quantitative estimate of drug-likeness (QED) is 0.276. The van der Waals surface area contributed by atoms with Gasteiger partial charge in [0.25, 0.3) is 0 Å². The molecule has 0 aromatic rings. The zero-order valence-corrected chi connectivity index (χ0v) is 4.88. The number of hydrogen-bond acceptors (Lipinski definition) is 0. The van der Waals surface area contributed by atoms with E-state index in [0.29, 0.717) is 5.88 Å². The van der Waals surface area contributed by atoms with Gasteiger partial charge in [0, 0.05) is 0 Å². The van der Waals surface area contributed by atoms with Gasteiger partial charge < -0.3 is 17.0 Å². The molecule has 0 spiro atoms. The molecule has 0 aromatic carbocycles. The van der Waals surface area contributed by atoms with Crippen LogP contribution in [0, 0.1) is 12.3 Å². The molecule has 0 unspecified atom stereocenters. The summed E-state index contributed by atoms with van der Waals surface area (Å²) >= 11 is 4.95. The Morgan fingerprint density at radius 3 is 2.00 bits per heavy atom. The number of halogens is 2. The van der Waals surface area contributed by atoms with Crippen LogP contribution in [0.4, 0.5) is 0 Å². The highest BCUT2D eigenvalue weighted by Gasteiger charge is 1.46. The number of hydrogen-bond donors (Lipinski definition) is 0. The summed E-state index contributed by atoms with van der Waals surface area (Å²) in [6.07, 6.45) is 4.65. The summed E-state index contributed by atoms with van der Waals surface area (Å²) in [7, 11) is 0. The molecule has 0 aliphatic rings. The van der Waals surface area contributed by atoms with Gasteiger partial charge in [-0.05, 0) is 0 Å². The van der Waals surface area contributed by atoms with Crippen molar-refractivity contribution in [2.45, 2.75) is 0 Å². The minimum atomic E-state index is 0. The zero-order valence-electron chi connectivity index (χ0n) is 2.54. The first-order valence-corrected chi connectivity index (χ1v) is 1.44. The highest BCUT2D eigenvalue weighted by Crippen LogP contribution is 1.61. The first kappa shape index (κ1) is 9.01. The van der Waals surface area contributed by atoms with Crippen LogP contribution in [-0.4, -0.2) is 5.88 Å². The molecule has 0 heterocycles. The molecular weight excluding hydrogens is 151 g/mol. The standard InChI is InChI=1S/C3H3Cl.BrH/c1-2-3-4;/h1H,3H2;1H/p-1. The van der Waals surface area contributed by atoms with Gasteiger partial charge in [-0.3, -0.25) is 0 Å². The molecule has 0 atom stereocenters. The topological polar surface area (TPSA) is 0 Å². The van der Waals surface area contributed by atoms with E-state index in [-0.39, 0.29) is 17.0 Å². The Morgan fingerprint density at radius 2 is 2.00 bits per heavy atom. The average Bonchev–Trinajstić information content (AvgIpc) is 1.37. The molecular formula is C3H3BrCl-. The fourth-order valence-electron chi connectivity index (χ4n) is 0. The second-order valence-corrected chi connectivity index (χ2v) is 0.605. The molecule has 0 aromatic heterocycles. The molecule has 0 N–H and O–H groups in total. The van der Waals surface area contributed by atoms with Gasteiger partial charge in [-0.1, -0.05) is 5.92 Å². The Hall–Kier alpha value is 0.330. The lowest BCUT2D eigenvalue weighted by Crippen LogP contribution is -3.00. The smallest absolute Gasteiger partial charge is 0.0832 e. The fourth-order valence-corrected chi connectivity index (χ4v) is 0. The van der Waals surface area contributed by atoms with Crippen molar-refractivity contribution in [2.24, 2.45) is 0 Å². The van der Waals surface area contributed by atoms with Crippen LogP contribution in [-0.2, 0) is 0 Å². The van der Waals surface area contributed by atoms with E-state index in [0.717, 1.165) is 0 Å². The van der Waals surface area contributed by atoms with Gasteiger partial charge in [0.05, 0.1) is 5.88 Å². The third-order valence-corrected chi connectivity index (χ3v) is 0.231. The van der Waals surface area contributed by atoms with Crippen LogP contribution in [0.1, 0.15) is 0 Å². The van der Waals surface area contributed by atoms with Crippen LogP contribution in [0.25, 0.3) is 0 Å². The first-order chi connectivity index (χ1) is 1.91. The van der Waals surface area contributed by atoms with E-state index < -0.39 is 0 Å². The summed E-state index contributed by atoms with van der Waals surface area (Å²) in [5.74, 6) is 2.52. The largest absolute Gasteiger partial charge is 1.00 e. The van der Waals surface area contributed by atoms with Gasteiger partial charge in [-0.15, -0.1) is 18.0 Å². The van der Waals surface area contributed by atoms with Crippen LogP contribution in [0.15, 0.2) is 0 Å². The Balaban J connectivity index is 0. The predicted octanol–water partition coefficient (Wildman–Crippen LogP) is -2.14. The Kier molecular flexibility index (Phi) is 15.9. The molecule has 0 aliphatic heterocycles. The average molecular weight is 154 g/mol. The van der Waals surface area contributed by atoms with Crippen molar-refractivity contribution in [3.05, 3.63) is 0 Å². The minimum Gasteiger partial charge on any atom is -1.00 e. The van der Waals surface area contributed by atoms with Crippen LogP contribution in [0.2, 0.25) is 0 Å². The molecule has 0 amide bonds. The summed E-state index contributed by atoms with van der Waals surface area (Å²) in [6, 6.07) is 0. The third-order valence-electron chi connectivity index (χ3n) is 0.0772. The lowest BCUT2D eigenvalue weighted by atomic mass is 10.8. The molecule has 0 bridgehead atoms. The van der Waals surface area contributed by atoms with Gasteiger partial charge in [-0.2, -0.15) is 0 Å². The summed E-state index contributed by atoms with van der Waals surface area (Å²) in [4.78, 5) is 0. The zero-order chi connectivity index (χ0) is 3.41. The van der Waals surface area contributed by atoms with Crippen molar-refractivity contribution in [3.8, 4) is 12.3 Å². The van der Waals surface area contributed by atoms with Crippen molar-refractivity contribution in [2.75, 3.05) is 5.88 Å². The highest BCUT2D eigenvalue weighted by atomic mass is 79.9. The maximum Gasteiger partial charge on any atom is 0.0832 e. The van der Waals surface area contributed by atoms with E-state index in [9.17, 15) is 0 Å². The predicted molar refractivity (Wildman–Crippen MR) is 19.6 cm³/mol. The van der Waals surface area contributed by atoms with Crippen LogP contribution >= 0.6 is 11.6 Å². The Bertz CT molecular complexity index is 36.6. The fraction of sp³-hybridized carbons (Fsp3) is 0.333. The maximum absolute atomic E-state index is 4.95. The highest BCUT2D eigenvalue weighted by molar-refractivity contribution is 6.19. The molecule has 0 nitrogen and oxygen atoms in total. The molecule has 0 saturated heterocycles. The van der Waals surface area contributed by atoms with E-state index in [1.54, 1.807) is 0 Å². The van der Waals surface area contributed by atoms with Crippen molar-refractivity contribution < 1.29 is 17.0 Å². The monoisotopic (exact) mass is 153 g/mol. The molecule has 2 heteroatoms. The molecule has 0 radical (unpaired) electrons. The van der Waals surface area contributed by atoms with E-state index in [1.807, 2.05) is 0 Å². The number of rotatable bonds is 0. The first-order valence-electron chi connectivity index (χ1n) is 0.909. The maximum atomic E-state index is 4.95. The summed E-state index contributed by atoms with van der Waals surface area (Å²) < 4.78 is 0. The Morgan fingerprint density at radius 1 is 1.80 bits per heavy atom. The van der Waals surface area contributed by atoms with Crippen molar-refractivity contribution in [1.29, 1.82) is 0 Å². The van der Waals surface area contributed by atoms with Gasteiger partial charge >= 0.3 is 0 Å². The van der Waals surface area contributed by atoms with Crippen LogP contribution in [0.3, 0.4) is 0 Å². The molecule has 0 rings (SSSR count). The van der Waals surface area contributed by atoms with Gasteiger partial charge in [0.1, 0.15) is 0 Å². The molecule has 30 valence electrons. The molecule has 0 aliphatic carbocycles. The summed E-state index contributed by atoms with van der Waals surface area (Å²) in [6.45, 7) is 0. The van der Waals surface area contributed by atoms with Gasteiger partial charge in [-0.25, -0.2) is 0 Å². The SMILES string of the molecule is C#CCCl.[Br-]. The molecule has 0 fully saturated rings. The van der Waals surface area contributed by atoms with Crippen LogP contribution in [0.5, 0.6) is 0 Å². The summed E-state index contributed by atoms with van der Waals surface area (Å²) in [5, 5.41) is 0. The van der Waals surface area contributed by atoms with Gasteiger partial charge in [0.15, 0.2) is 0 Å². The third kappa shape index (κ3) is 13.3. The normalized spacial score (nSPS) is 4.00. The van der Waals surface area contributed by atoms with Gasteiger partial charge in [0.2, 0.25) is 0 Å². The lowest BCUT2D eigenvalue weighted by molar-refractivity contribution is -0.000000776. The van der Waals surface area contributed by atoms with E-state index in [4.69, 9.17) is 11.6 Å². The molecule has 5 heavy (non-hydrogen) atoms. The van der Waals surface area contributed by atoms with Crippen molar-refractivity contribution >= 4 is 11.6 Å². The van der Waals surface area contributed by atoms with E-state index in [1.165, 1.54) is 0 Å². The van der Waals surface area contributed by atoms with E-state index >= 15 is 0 Å². The van der Waals surface area contributed by atoms with Crippen molar-refractivity contribution in [3.63, 3.8) is 0 Å². The minimum absolute atomic E-state index is 0. The van der Waals surface area contributed by atoms with E-state index in [2.05, 4.69) is 12.3 Å². The van der Waals surface area contributed by atoms with Crippen LogP contribution < -0.4 is 17.0 Å². The number of terminal acetylenes is 1. The lowest BCUT2D eigenvalue weighted by Gasteiger charge is -1.50. The van der Waals surface area contributed by atoms with Crippen molar-refractivity contribution in [1.82, 2.24) is 0 Å². The molecule has 0 saturated carbocycles. The second-order valence-electron chi connectivity index (χ2n) is 0.338. The Labute approximate surface area is 47.3 Å². The number of alkyl halides is 1. The summed E-state index contributed by atoms with van der Waals surface area (Å²) in [5.41, 5.74) is 0.